The number of nitrogens with one attached hydrogen (secondary N) is 1. The van der Waals surface area contributed by atoms with Gasteiger partial charge in [-0.1, -0.05) is 0 Å². The second-order valence-corrected chi connectivity index (χ2v) is 3.93. The smallest absolute Gasteiger partial charge is 0.321 e. The molecule has 3 atom stereocenters. The summed E-state index contributed by atoms with van der Waals surface area (Å²) in [5.41, 5.74) is 0. The quantitative estimate of drug-likeness (QED) is 0.601. The van der Waals surface area contributed by atoms with E-state index >= 15 is 0 Å². The first-order valence-corrected chi connectivity index (χ1v) is 4.66. The number of aliphatic carboxylic acids is 1. The first-order chi connectivity index (χ1) is 6.18. The molecular weight excluding hydrogens is 170 g/mol. The fraction of sp³-hybridized carbons (Fsp3) is 0.778. The third kappa shape index (κ3) is 1.46. The number of carboxylic acids is 1. The van der Waals surface area contributed by atoms with Gasteiger partial charge < -0.3 is 10.4 Å². The molecule has 0 amide bonds. The molecule has 0 bridgehead atoms. The average molecular weight is 183 g/mol. The molecule has 0 aromatic carbocycles. The molecule has 2 rings (SSSR count). The first kappa shape index (κ1) is 8.69. The molecule has 1 heterocycles. The van der Waals surface area contributed by atoms with Gasteiger partial charge in [0.25, 0.3) is 0 Å². The van der Waals surface area contributed by atoms with Crippen LogP contribution in [0.4, 0.5) is 0 Å². The summed E-state index contributed by atoms with van der Waals surface area (Å²) in [5.74, 6) is -0.157. The summed E-state index contributed by atoms with van der Waals surface area (Å²) in [6.07, 6.45) is 1.95. The van der Waals surface area contributed by atoms with Crippen LogP contribution in [-0.2, 0) is 9.59 Å². The Kier molecular flexibility index (Phi) is 2.07. The third-order valence-electron chi connectivity index (χ3n) is 3.16. The van der Waals surface area contributed by atoms with Crippen LogP contribution in [0.25, 0.3) is 0 Å². The Hall–Kier alpha value is -0.900. The lowest BCUT2D eigenvalue weighted by molar-refractivity contribution is -0.140. The summed E-state index contributed by atoms with van der Waals surface area (Å²) < 4.78 is 0. The van der Waals surface area contributed by atoms with Crippen LogP contribution < -0.4 is 5.32 Å². The van der Waals surface area contributed by atoms with Crippen molar-refractivity contribution in [1.29, 1.82) is 0 Å². The zero-order chi connectivity index (χ0) is 9.42. The molecule has 0 aromatic heterocycles. The third-order valence-corrected chi connectivity index (χ3v) is 3.16. The lowest BCUT2D eigenvalue weighted by Gasteiger charge is -2.25. The predicted octanol–water partition coefficient (Wildman–Crippen LogP) is 0.0282. The van der Waals surface area contributed by atoms with E-state index in [4.69, 9.17) is 5.11 Å². The highest BCUT2D eigenvalue weighted by molar-refractivity contribution is 5.82. The van der Waals surface area contributed by atoms with E-state index in [1.807, 2.05) is 0 Å². The van der Waals surface area contributed by atoms with Crippen LogP contribution >= 0.6 is 0 Å². The Morgan fingerprint density at radius 1 is 1.54 bits per heavy atom. The van der Waals surface area contributed by atoms with Gasteiger partial charge in [-0.2, -0.15) is 0 Å². The molecule has 1 aliphatic carbocycles. The minimum absolute atomic E-state index is 0.0405. The number of fused-ring (bicyclic) bond motifs is 1. The van der Waals surface area contributed by atoms with Crippen molar-refractivity contribution in [2.75, 3.05) is 6.54 Å². The maximum absolute atomic E-state index is 11.2. The fourth-order valence-electron chi connectivity index (χ4n) is 2.44. The van der Waals surface area contributed by atoms with Gasteiger partial charge in [-0.15, -0.1) is 0 Å². The summed E-state index contributed by atoms with van der Waals surface area (Å²) >= 11 is 0. The van der Waals surface area contributed by atoms with Gasteiger partial charge in [0.05, 0.1) is 0 Å². The van der Waals surface area contributed by atoms with Crippen LogP contribution in [0.15, 0.2) is 0 Å². The maximum atomic E-state index is 11.2. The van der Waals surface area contributed by atoms with E-state index in [1.54, 1.807) is 0 Å². The second kappa shape index (κ2) is 3.10. The van der Waals surface area contributed by atoms with E-state index in [9.17, 15) is 9.59 Å². The van der Waals surface area contributed by atoms with E-state index in [1.165, 1.54) is 0 Å². The molecule has 72 valence electrons. The van der Waals surface area contributed by atoms with E-state index < -0.39 is 12.0 Å². The maximum Gasteiger partial charge on any atom is 0.321 e. The lowest BCUT2D eigenvalue weighted by atomic mass is 9.78. The zero-order valence-electron chi connectivity index (χ0n) is 7.32. The highest BCUT2D eigenvalue weighted by Gasteiger charge is 2.43. The Bertz CT molecular complexity index is 251. The summed E-state index contributed by atoms with van der Waals surface area (Å²) in [4.78, 5) is 21.9. The van der Waals surface area contributed by atoms with E-state index in [0.29, 0.717) is 18.8 Å². The van der Waals surface area contributed by atoms with Crippen LogP contribution in [-0.4, -0.2) is 29.4 Å². The number of hydrogen-bond acceptors (Lipinski definition) is 3. The second-order valence-electron chi connectivity index (χ2n) is 3.93. The van der Waals surface area contributed by atoms with E-state index in [-0.39, 0.29) is 11.7 Å². The molecule has 1 aliphatic heterocycles. The zero-order valence-corrected chi connectivity index (χ0v) is 7.32. The summed E-state index contributed by atoms with van der Waals surface area (Å²) in [6.45, 7) is 0.759. The number of rotatable bonds is 1. The molecule has 4 heteroatoms. The topological polar surface area (TPSA) is 66.4 Å². The van der Waals surface area contributed by atoms with E-state index in [2.05, 4.69) is 5.32 Å². The van der Waals surface area contributed by atoms with Crippen LogP contribution in [0.2, 0.25) is 0 Å². The summed E-state index contributed by atoms with van der Waals surface area (Å²) in [6, 6.07) is -0.491. The molecule has 2 N–H and O–H groups in total. The van der Waals surface area contributed by atoms with Crippen molar-refractivity contribution >= 4 is 11.8 Å². The standard InChI is InChI=1S/C9H13NO3/c11-6-2-1-5-4-10-8(9(12)13)7(5)3-6/h5,7-8,10H,1-4H2,(H,12,13)/t5-,7+,8-/m1/s1. The van der Waals surface area contributed by atoms with Gasteiger partial charge in [-0.25, -0.2) is 0 Å². The lowest BCUT2D eigenvalue weighted by Crippen LogP contribution is -2.37. The molecule has 0 unspecified atom stereocenters. The Morgan fingerprint density at radius 3 is 3.00 bits per heavy atom. The fourth-order valence-corrected chi connectivity index (χ4v) is 2.44. The van der Waals surface area contributed by atoms with Gasteiger partial charge in [0.1, 0.15) is 11.8 Å². The predicted molar refractivity (Wildman–Crippen MR) is 45.3 cm³/mol. The van der Waals surface area contributed by atoms with E-state index in [0.717, 1.165) is 13.0 Å². The first-order valence-electron chi connectivity index (χ1n) is 4.66. The largest absolute Gasteiger partial charge is 0.480 e. The molecule has 0 aromatic rings. The van der Waals surface area contributed by atoms with Gasteiger partial charge in [0.2, 0.25) is 0 Å². The normalized spacial score (nSPS) is 38.8. The molecule has 0 radical (unpaired) electrons. The summed E-state index contributed by atoms with van der Waals surface area (Å²) in [5, 5.41) is 11.8. The van der Waals surface area contributed by atoms with Crippen LogP contribution in [0.5, 0.6) is 0 Å². The minimum atomic E-state index is -0.817. The van der Waals surface area contributed by atoms with Crippen molar-refractivity contribution in [3.05, 3.63) is 0 Å². The molecule has 1 saturated carbocycles. The van der Waals surface area contributed by atoms with Crippen molar-refractivity contribution in [1.82, 2.24) is 5.32 Å². The molecule has 0 spiro atoms. The van der Waals surface area contributed by atoms with Gasteiger partial charge in [0, 0.05) is 12.8 Å². The monoisotopic (exact) mass is 183 g/mol. The van der Waals surface area contributed by atoms with Crippen LogP contribution in [0, 0.1) is 11.8 Å². The van der Waals surface area contributed by atoms with Gasteiger partial charge in [-0.3, -0.25) is 9.59 Å². The van der Waals surface area contributed by atoms with Crippen LogP contribution in [0.3, 0.4) is 0 Å². The minimum Gasteiger partial charge on any atom is -0.480 e. The molecular formula is C9H13NO3. The Labute approximate surface area is 76.3 Å². The van der Waals surface area contributed by atoms with Crippen molar-refractivity contribution in [3.63, 3.8) is 0 Å². The highest BCUT2D eigenvalue weighted by Crippen LogP contribution is 2.34. The summed E-state index contributed by atoms with van der Waals surface area (Å²) in [7, 11) is 0. The molecule has 4 nitrogen and oxygen atoms in total. The number of carbonyl (C=O) groups excluding carboxylic acids is 1. The SMILES string of the molecule is O=C1CC[C@@H]2CN[C@@H](C(=O)O)[C@H]2C1. The molecule has 2 aliphatic rings. The average Bonchev–Trinajstić information content (AvgIpc) is 2.46. The van der Waals surface area contributed by atoms with Gasteiger partial charge in [0.15, 0.2) is 0 Å². The molecule has 1 saturated heterocycles. The van der Waals surface area contributed by atoms with Crippen molar-refractivity contribution < 1.29 is 14.7 Å². The van der Waals surface area contributed by atoms with Crippen molar-refractivity contribution in [2.24, 2.45) is 11.8 Å². The molecule has 2 fully saturated rings. The van der Waals surface area contributed by atoms with Crippen LogP contribution in [0.1, 0.15) is 19.3 Å². The highest BCUT2D eigenvalue weighted by atomic mass is 16.4. The molecule has 13 heavy (non-hydrogen) atoms. The number of carboxylic acid groups (broad SMARTS) is 1. The van der Waals surface area contributed by atoms with Gasteiger partial charge >= 0.3 is 5.97 Å². The van der Waals surface area contributed by atoms with Gasteiger partial charge in [-0.05, 0) is 24.8 Å². The van der Waals surface area contributed by atoms with Crippen molar-refractivity contribution in [3.8, 4) is 0 Å². The Morgan fingerprint density at radius 2 is 2.31 bits per heavy atom. The number of carbonyl (C=O) groups is 2. The number of ketones is 1. The number of Topliss-reactive ketones (excluding diaryl/α,β-unsaturated/α-hetero) is 1. The number of hydrogen-bond donors (Lipinski definition) is 2. The van der Waals surface area contributed by atoms with Crippen molar-refractivity contribution in [2.45, 2.75) is 25.3 Å². The Balaban J connectivity index is 2.11.